The summed E-state index contributed by atoms with van der Waals surface area (Å²) in [5.41, 5.74) is 9.60. The van der Waals surface area contributed by atoms with Crippen molar-refractivity contribution < 1.29 is 4.39 Å². The third-order valence-corrected chi connectivity index (χ3v) is 4.14. The van der Waals surface area contributed by atoms with Crippen LogP contribution < -0.4 is 11.1 Å². The van der Waals surface area contributed by atoms with Gasteiger partial charge in [-0.2, -0.15) is 0 Å². The average molecular weight is 378 g/mol. The maximum absolute atomic E-state index is 13.3. The largest absolute Gasteiger partial charge is 0.370 e. The number of guanidine groups is 1. The third-order valence-electron chi connectivity index (χ3n) is 4.14. The molecule has 0 aliphatic rings. The van der Waals surface area contributed by atoms with Crippen LogP contribution in [-0.4, -0.2) is 34.0 Å². The van der Waals surface area contributed by atoms with E-state index in [0.29, 0.717) is 12.5 Å². The molecule has 0 aliphatic carbocycles. The summed E-state index contributed by atoms with van der Waals surface area (Å²) in [6, 6.07) is 12.0. The topological polar surface area (TPSA) is 92.0 Å². The molecule has 0 saturated carbocycles. The minimum atomic E-state index is -0.272. The van der Waals surface area contributed by atoms with Gasteiger partial charge < -0.3 is 16.0 Å². The molecule has 0 fully saturated rings. The van der Waals surface area contributed by atoms with E-state index < -0.39 is 0 Å². The van der Waals surface area contributed by atoms with Gasteiger partial charge in [-0.3, -0.25) is 4.98 Å². The Morgan fingerprint density at radius 1 is 1.21 bits per heavy atom. The summed E-state index contributed by atoms with van der Waals surface area (Å²) < 4.78 is 13.3. The van der Waals surface area contributed by atoms with Crippen molar-refractivity contribution in [1.82, 2.24) is 20.3 Å². The van der Waals surface area contributed by atoms with Gasteiger partial charge in [0.2, 0.25) is 0 Å². The van der Waals surface area contributed by atoms with Crippen LogP contribution in [0.4, 0.5) is 4.39 Å². The Morgan fingerprint density at radius 2 is 2.07 bits per heavy atom. The van der Waals surface area contributed by atoms with Crippen LogP contribution in [0.15, 0.2) is 72.3 Å². The summed E-state index contributed by atoms with van der Waals surface area (Å²) >= 11 is 0. The van der Waals surface area contributed by atoms with E-state index in [1.54, 1.807) is 24.7 Å². The summed E-state index contributed by atoms with van der Waals surface area (Å²) in [6.45, 7) is 1.12. The van der Waals surface area contributed by atoms with E-state index >= 15 is 0 Å². The third kappa shape index (κ3) is 5.77. The number of imidazole rings is 1. The lowest BCUT2D eigenvalue weighted by Crippen LogP contribution is -2.32. The lowest BCUT2D eigenvalue weighted by Gasteiger charge is -2.08. The quantitative estimate of drug-likeness (QED) is 0.319. The first-order valence-electron chi connectivity index (χ1n) is 9.11. The van der Waals surface area contributed by atoms with Crippen molar-refractivity contribution in [3.63, 3.8) is 0 Å². The van der Waals surface area contributed by atoms with Crippen molar-refractivity contribution in [3.05, 3.63) is 90.0 Å². The Hall–Kier alpha value is -3.48. The first kappa shape index (κ1) is 19.3. The van der Waals surface area contributed by atoms with E-state index in [4.69, 9.17) is 5.73 Å². The number of pyridine rings is 1. The monoisotopic (exact) mass is 378 g/mol. The zero-order valence-corrected chi connectivity index (χ0v) is 15.5. The number of halogens is 1. The first-order chi connectivity index (χ1) is 13.7. The van der Waals surface area contributed by atoms with Crippen LogP contribution in [0, 0.1) is 5.82 Å². The molecular weight excluding hydrogens is 355 g/mol. The number of aromatic nitrogens is 3. The molecule has 0 bridgehead atoms. The molecule has 7 heteroatoms. The Morgan fingerprint density at radius 3 is 2.79 bits per heavy atom. The standard InChI is InChI=1S/C21H23FN6/c22-17-8-6-16(7-9-17)19(20-5-1-2-11-25-20)10-13-27-21(23)26-12-3-4-18-14-24-15-28-18/h1-2,5-11,14-15H,3-4,12-13H2,(H,24,28)(H3,23,26,27)/b19-10+. The molecule has 0 amide bonds. The zero-order valence-electron chi connectivity index (χ0n) is 15.5. The van der Waals surface area contributed by atoms with Crippen LogP contribution in [0.2, 0.25) is 0 Å². The first-order valence-corrected chi connectivity index (χ1v) is 9.11. The van der Waals surface area contributed by atoms with Crippen LogP contribution in [0.1, 0.15) is 23.4 Å². The van der Waals surface area contributed by atoms with Crippen molar-refractivity contribution in [1.29, 1.82) is 0 Å². The van der Waals surface area contributed by atoms with Gasteiger partial charge in [0, 0.05) is 30.2 Å². The smallest absolute Gasteiger partial charge is 0.188 e. The lowest BCUT2D eigenvalue weighted by atomic mass is 10.0. The fraction of sp³-hybridized carbons (Fsp3) is 0.190. The molecule has 0 unspecified atom stereocenters. The number of aliphatic imine (C=N–C) groups is 1. The van der Waals surface area contributed by atoms with Gasteiger partial charge in [-0.15, -0.1) is 0 Å². The number of nitrogens with two attached hydrogens (primary N) is 1. The number of aryl methyl sites for hydroxylation is 1. The Bertz CT molecular complexity index is 902. The van der Waals surface area contributed by atoms with Crippen molar-refractivity contribution >= 4 is 11.5 Å². The summed E-state index contributed by atoms with van der Waals surface area (Å²) in [6.07, 6.45) is 8.97. The average Bonchev–Trinajstić information content (AvgIpc) is 3.24. The van der Waals surface area contributed by atoms with Gasteiger partial charge in [0.05, 0.1) is 18.6 Å². The summed E-state index contributed by atoms with van der Waals surface area (Å²) in [5.74, 6) is 0.117. The Kier molecular flexibility index (Phi) is 6.89. The molecule has 4 N–H and O–H groups in total. The van der Waals surface area contributed by atoms with Crippen LogP contribution in [0.5, 0.6) is 0 Å². The van der Waals surface area contributed by atoms with Crippen LogP contribution in [0.25, 0.3) is 5.57 Å². The number of hydrogen-bond donors (Lipinski definition) is 3. The van der Waals surface area contributed by atoms with Gasteiger partial charge in [-0.25, -0.2) is 14.4 Å². The van der Waals surface area contributed by atoms with Crippen molar-refractivity contribution in [2.45, 2.75) is 12.8 Å². The minimum Gasteiger partial charge on any atom is -0.370 e. The van der Waals surface area contributed by atoms with Crippen LogP contribution >= 0.6 is 0 Å². The summed E-state index contributed by atoms with van der Waals surface area (Å²) in [7, 11) is 0. The molecule has 0 spiro atoms. The molecule has 144 valence electrons. The van der Waals surface area contributed by atoms with Gasteiger partial charge >= 0.3 is 0 Å². The zero-order chi connectivity index (χ0) is 19.6. The van der Waals surface area contributed by atoms with E-state index in [9.17, 15) is 4.39 Å². The molecule has 0 atom stereocenters. The highest BCUT2D eigenvalue weighted by atomic mass is 19.1. The molecule has 28 heavy (non-hydrogen) atoms. The highest BCUT2D eigenvalue weighted by Crippen LogP contribution is 2.21. The molecule has 0 aliphatic heterocycles. The molecular formula is C21H23FN6. The molecule has 3 aromatic rings. The second-order valence-corrected chi connectivity index (χ2v) is 6.17. The number of nitrogens with one attached hydrogen (secondary N) is 2. The van der Waals surface area contributed by atoms with E-state index in [1.807, 2.05) is 30.5 Å². The van der Waals surface area contributed by atoms with Crippen LogP contribution in [-0.2, 0) is 6.42 Å². The normalized spacial score (nSPS) is 12.2. The number of benzene rings is 1. The number of nitrogens with zero attached hydrogens (tertiary/aromatic N) is 3. The highest BCUT2D eigenvalue weighted by Gasteiger charge is 2.06. The minimum absolute atomic E-state index is 0.272. The number of H-pyrrole nitrogens is 1. The molecule has 0 saturated heterocycles. The maximum Gasteiger partial charge on any atom is 0.188 e. The molecule has 2 aromatic heterocycles. The van der Waals surface area contributed by atoms with Gasteiger partial charge in [0.25, 0.3) is 0 Å². The molecule has 0 radical (unpaired) electrons. The molecule has 2 heterocycles. The fourth-order valence-electron chi connectivity index (χ4n) is 2.73. The van der Waals surface area contributed by atoms with Crippen molar-refractivity contribution in [2.75, 3.05) is 13.1 Å². The van der Waals surface area contributed by atoms with Gasteiger partial charge in [0.1, 0.15) is 5.82 Å². The lowest BCUT2D eigenvalue weighted by molar-refractivity contribution is 0.627. The van der Waals surface area contributed by atoms with Crippen LogP contribution in [0.3, 0.4) is 0 Å². The fourth-order valence-corrected chi connectivity index (χ4v) is 2.73. The second-order valence-electron chi connectivity index (χ2n) is 6.17. The summed E-state index contributed by atoms with van der Waals surface area (Å²) in [5, 5.41) is 3.10. The number of rotatable bonds is 8. The predicted molar refractivity (Wildman–Crippen MR) is 109 cm³/mol. The van der Waals surface area contributed by atoms with E-state index in [1.165, 1.54) is 12.1 Å². The van der Waals surface area contributed by atoms with E-state index in [0.717, 1.165) is 41.9 Å². The maximum atomic E-state index is 13.3. The summed E-state index contributed by atoms with van der Waals surface area (Å²) in [4.78, 5) is 15.8. The Balaban J connectivity index is 1.60. The van der Waals surface area contributed by atoms with Crippen molar-refractivity contribution in [2.24, 2.45) is 10.7 Å². The van der Waals surface area contributed by atoms with Gasteiger partial charge in [-0.1, -0.05) is 24.3 Å². The highest BCUT2D eigenvalue weighted by molar-refractivity contribution is 5.80. The molecule has 6 nitrogen and oxygen atoms in total. The number of hydrogen-bond acceptors (Lipinski definition) is 3. The predicted octanol–water partition coefficient (Wildman–Crippen LogP) is 2.91. The Labute approximate surface area is 163 Å². The van der Waals surface area contributed by atoms with Gasteiger partial charge in [0.15, 0.2) is 5.96 Å². The van der Waals surface area contributed by atoms with Gasteiger partial charge in [-0.05, 0) is 42.7 Å². The van der Waals surface area contributed by atoms with E-state index in [2.05, 4.69) is 25.3 Å². The van der Waals surface area contributed by atoms with E-state index in [-0.39, 0.29) is 5.82 Å². The van der Waals surface area contributed by atoms with Crippen molar-refractivity contribution in [3.8, 4) is 0 Å². The molecule has 1 aromatic carbocycles. The second kappa shape index (κ2) is 10.0. The number of aromatic amines is 1. The molecule has 3 rings (SSSR count). The SMILES string of the molecule is NC(=NC/C=C(\c1ccc(F)cc1)c1ccccn1)NCCCc1cnc[nH]1.